The van der Waals surface area contributed by atoms with Crippen molar-refractivity contribution in [1.82, 2.24) is 15.5 Å². The Kier molecular flexibility index (Phi) is 5.61. The summed E-state index contributed by atoms with van der Waals surface area (Å²) in [6.45, 7) is 6.91. The van der Waals surface area contributed by atoms with Gasteiger partial charge in [0, 0.05) is 17.6 Å². The molecule has 1 saturated heterocycles. The van der Waals surface area contributed by atoms with Gasteiger partial charge in [-0.2, -0.15) is 5.26 Å². The molecule has 3 atom stereocenters. The number of hydrogen-bond donors (Lipinski definition) is 2. The van der Waals surface area contributed by atoms with Crippen LogP contribution in [0.3, 0.4) is 0 Å². The van der Waals surface area contributed by atoms with Crippen LogP contribution in [0.15, 0.2) is 0 Å². The van der Waals surface area contributed by atoms with Crippen LogP contribution < -0.4 is 10.6 Å². The Labute approximate surface area is 179 Å². The summed E-state index contributed by atoms with van der Waals surface area (Å²) in [5, 5.41) is 16.5. The average Bonchev–Trinajstić information content (AvgIpc) is 3.11. The van der Waals surface area contributed by atoms with E-state index in [1.165, 1.54) is 6.42 Å². The number of nitrogens with zero attached hydrogens (tertiary/aromatic N) is 2. The van der Waals surface area contributed by atoms with Crippen LogP contribution in [-0.4, -0.2) is 59.1 Å². The van der Waals surface area contributed by atoms with Crippen molar-refractivity contribution in [3.05, 3.63) is 0 Å². The number of carbonyl (C=O) groups is 2. The molecule has 166 valence electrons. The molecule has 1 amide bonds. The number of ether oxygens (including phenoxy) is 1. The van der Waals surface area contributed by atoms with Gasteiger partial charge < -0.3 is 20.3 Å². The van der Waals surface area contributed by atoms with E-state index in [-0.39, 0.29) is 35.5 Å². The highest BCUT2D eigenvalue weighted by molar-refractivity contribution is 5.79. The van der Waals surface area contributed by atoms with Gasteiger partial charge in [-0.3, -0.25) is 9.59 Å². The van der Waals surface area contributed by atoms with E-state index < -0.39 is 5.60 Å². The minimum atomic E-state index is -0.472. The van der Waals surface area contributed by atoms with Gasteiger partial charge in [0.15, 0.2) is 0 Å². The quantitative estimate of drug-likeness (QED) is 0.644. The number of carbonyl (C=O) groups excluding carboxylic acids is 2. The van der Waals surface area contributed by atoms with Crippen LogP contribution in [0.5, 0.6) is 0 Å². The van der Waals surface area contributed by atoms with Crippen molar-refractivity contribution in [1.29, 1.82) is 5.26 Å². The summed E-state index contributed by atoms with van der Waals surface area (Å²) in [6, 6.07) is 2.00. The summed E-state index contributed by atoms with van der Waals surface area (Å²) in [6.07, 6.45) is 8.33. The third-order valence-electron chi connectivity index (χ3n) is 7.43. The number of nitriles is 1. The first kappa shape index (κ1) is 21.6. The van der Waals surface area contributed by atoms with Crippen molar-refractivity contribution in [2.24, 2.45) is 11.8 Å². The number of rotatable bonds is 6. The van der Waals surface area contributed by atoms with Crippen LogP contribution in [0.2, 0.25) is 0 Å². The summed E-state index contributed by atoms with van der Waals surface area (Å²) in [5.41, 5.74) is -0.553. The number of esters is 1. The molecule has 7 nitrogen and oxygen atoms in total. The molecule has 2 unspecified atom stereocenters. The third-order valence-corrected chi connectivity index (χ3v) is 7.43. The van der Waals surface area contributed by atoms with Crippen LogP contribution in [0.25, 0.3) is 0 Å². The number of hydrogen-bond acceptors (Lipinski definition) is 6. The summed E-state index contributed by atoms with van der Waals surface area (Å²) >= 11 is 0. The predicted molar refractivity (Wildman–Crippen MR) is 112 cm³/mol. The molecule has 1 aliphatic heterocycles. The zero-order valence-corrected chi connectivity index (χ0v) is 18.6. The molecule has 7 heteroatoms. The van der Waals surface area contributed by atoms with Crippen LogP contribution in [0, 0.1) is 23.2 Å². The van der Waals surface area contributed by atoms with Gasteiger partial charge in [-0.15, -0.1) is 0 Å². The molecular formula is C23H36N4O3. The molecule has 4 bridgehead atoms. The highest BCUT2D eigenvalue weighted by atomic mass is 16.6. The van der Waals surface area contributed by atoms with Crippen molar-refractivity contribution in [2.45, 2.75) is 94.9 Å². The lowest BCUT2D eigenvalue weighted by atomic mass is 9.50. The van der Waals surface area contributed by atoms with E-state index in [9.17, 15) is 14.9 Å². The van der Waals surface area contributed by atoms with E-state index >= 15 is 0 Å². The minimum Gasteiger partial charge on any atom is -0.459 e. The van der Waals surface area contributed by atoms with Gasteiger partial charge >= 0.3 is 5.97 Å². The Morgan fingerprint density at radius 2 is 1.70 bits per heavy atom. The van der Waals surface area contributed by atoms with E-state index in [2.05, 4.69) is 16.7 Å². The Morgan fingerprint density at radius 3 is 2.27 bits per heavy atom. The number of nitrogens with one attached hydrogen (secondary N) is 2. The van der Waals surface area contributed by atoms with E-state index in [4.69, 9.17) is 4.74 Å². The predicted octanol–water partition coefficient (Wildman–Crippen LogP) is 2.11. The molecule has 0 aromatic carbocycles. The summed E-state index contributed by atoms with van der Waals surface area (Å²) < 4.78 is 5.49. The molecule has 0 spiro atoms. The molecule has 5 rings (SSSR count). The normalized spacial score (nSPS) is 37.3. The van der Waals surface area contributed by atoms with E-state index in [0.717, 1.165) is 44.9 Å². The molecule has 0 aromatic heterocycles. The van der Waals surface area contributed by atoms with Gasteiger partial charge in [0.05, 0.1) is 19.2 Å². The second kappa shape index (κ2) is 7.80. The molecule has 2 N–H and O–H groups in total. The molecule has 4 aliphatic carbocycles. The van der Waals surface area contributed by atoms with Gasteiger partial charge in [-0.25, -0.2) is 0 Å². The fourth-order valence-electron chi connectivity index (χ4n) is 6.88. The Morgan fingerprint density at radius 1 is 1.10 bits per heavy atom. The highest BCUT2D eigenvalue weighted by Crippen LogP contribution is 2.57. The average molecular weight is 417 g/mol. The fourth-order valence-corrected chi connectivity index (χ4v) is 6.88. The van der Waals surface area contributed by atoms with Crippen molar-refractivity contribution >= 4 is 11.9 Å². The maximum Gasteiger partial charge on any atom is 0.320 e. The molecule has 1 heterocycles. The second-order valence-electron chi connectivity index (χ2n) is 11.2. The van der Waals surface area contributed by atoms with Crippen molar-refractivity contribution in [2.75, 3.05) is 19.6 Å². The largest absolute Gasteiger partial charge is 0.459 e. The Hall–Kier alpha value is -1.65. The Balaban J connectivity index is 1.38. The van der Waals surface area contributed by atoms with Crippen molar-refractivity contribution < 1.29 is 14.3 Å². The first-order valence-electron chi connectivity index (χ1n) is 11.5. The summed E-state index contributed by atoms with van der Waals surface area (Å²) in [7, 11) is 0. The van der Waals surface area contributed by atoms with Gasteiger partial charge in [-0.1, -0.05) is 0 Å². The third kappa shape index (κ3) is 4.50. The zero-order chi connectivity index (χ0) is 21.6. The maximum atomic E-state index is 12.8. The van der Waals surface area contributed by atoms with E-state index in [1.807, 2.05) is 20.8 Å². The standard InChI is InChI=1S/C23H36N4O3/c1-21(2,3)30-20(29)14-26-23-10-16-7-17(11-23)9-22(8-16,15-23)25-13-19(28)27-6-4-5-18(27)12-24/h16-18,25-26H,4-11,13-15H2,1-3H3/t16?,17?,18-,22?,23?/m0/s1. The number of likely N-dealkylation sites (tertiary alicyclic amines) is 1. The fraction of sp³-hybridized carbons (Fsp3) is 0.870. The molecular weight excluding hydrogens is 380 g/mol. The molecule has 5 fully saturated rings. The van der Waals surface area contributed by atoms with Gasteiger partial charge in [-0.05, 0) is 84.0 Å². The van der Waals surface area contributed by atoms with Crippen molar-refractivity contribution in [3.63, 3.8) is 0 Å². The van der Waals surface area contributed by atoms with Crippen LogP contribution >= 0.6 is 0 Å². The lowest BCUT2D eigenvalue weighted by molar-refractivity contribution is -0.155. The first-order valence-corrected chi connectivity index (χ1v) is 11.5. The SMILES string of the molecule is CC(C)(C)OC(=O)CNC12CC3CC(C1)CC(NCC(=O)N1CCC[C@H]1C#N)(C3)C2. The van der Waals surface area contributed by atoms with Gasteiger partial charge in [0.25, 0.3) is 0 Å². The van der Waals surface area contributed by atoms with Gasteiger partial charge in [0.2, 0.25) is 5.91 Å². The van der Waals surface area contributed by atoms with E-state index in [0.29, 0.717) is 24.9 Å². The first-order chi connectivity index (χ1) is 14.1. The molecule has 0 radical (unpaired) electrons. The topological polar surface area (TPSA) is 94.5 Å². The molecule has 0 aromatic rings. The van der Waals surface area contributed by atoms with Crippen LogP contribution in [0.4, 0.5) is 0 Å². The summed E-state index contributed by atoms with van der Waals surface area (Å²) in [5.74, 6) is 1.12. The monoisotopic (exact) mass is 416 g/mol. The minimum absolute atomic E-state index is 0.0391. The number of amides is 1. The lowest BCUT2D eigenvalue weighted by Crippen LogP contribution is -2.69. The van der Waals surface area contributed by atoms with Crippen LogP contribution in [-0.2, 0) is 14.3 Å². The van der Waals surface area contributed by atoms with Crippen LogP contribution in [0.1, 0.15) is 72.1 Å². The lowest BCUT2D eigenvalue weighted by Gasteiger charge is -2.62. The smallest absolute Gasteiger partial charge is 0.320 e. The highest BCUT2D eigenvalue weighted by Gasteiger charge is 2.57. The van der Waals surface area contributed by atoms with E-state index in [1.54, 1.807) is 4.90 Å². The molecule has 30 heavy (non-hydrogen) atoms. The second-order valence-corrected chi connectivity index (χ2v) is 11.2. The Bertz CT molecular complexity index is 724. The zero-order valence-electron chi connectivity index (χ0n) is 18.6. The van der Waals surface area contributed by atoms with Gasteiger partial charge in [0.1, 0.15) is 11.6 Å². The molecule has 4 saturated carbocycles. The molecule has 5 aliphatic rings. The maximum absolute atomic E-state index is 12.8. The van der Waals surface area contributed by atoms with Crippen molar-refractivity contribution in [3.8, 4) is 6.07 Å². The summed E-state index contributed by atoms with van der Waals surface area (Å²) in [4.78, 5) is 26.8.